The van der Waals surface area contributed by atoms with Crippen LogP contribution >= 0.6 is 0 Å². The molecular formula is C14H25N3O2. The number of rotatable bonds is 5. The molecule has 3 N–H and O–H groups in total. The van der Waals surface area contributed by atoms with Gasteiger partial charge in [-0.05, 0) is 38.5 Å². The Labute approximate surface area is 114 Å². The molecule has 2 fully saturated rings. The highest BCUT2D eigenvalue weighted by Gasteiger charge is 2.32. The quantitative estimate of drug-likeness (QED) is 0.761. The molecular weight excluding hydrogens is 242 g/mol. The van der Waals surface area contributed by atoms with Crippen LogP contribution in [0.25, 0.3) is 0 Å². The number of nitrogens with zero attached hydrogens (tertiary/aromatic N) is 1. The zero-order valence-electron chi connectivity index (χ0n) is 11.7. The minimum Gasteiger partial charge on any atom is -0.356 e. The fourth-order valence-corrected chi connectivity index (χ4v) is 2.73. The van der Waals surface area contributed by atoms with Gasteiger partial charge in [0, 0.05) is 38.0 Å². The van der Waals surface area contributed by atoms with E-state index in [1.54, 1.807) is 0 Å². The average Bonchev–Trinajstić information content (AvgIpc) is 3.23. The Morgan fingerprint density at radius 2 is 1.89 bits per heavy atom. The Kier molecular flexibility index (Phi) is 4.80. The summed E-state index contributed by atoms with van der Waals surface area (Å²) in [4.78, 5) is 25.7. The third-order valence-electron chi connectivity index (χ3n) is 4.21. The molecule has 1 saturated carbocycles. The Balaban J connectivity index is 1.72. The first kappa shape index (κ1) is 14.3. The van der Waals surface area contributed by atoms with Gasteiger partial charge in [0.1, 0.15) is 0 Å². The first-order valence-electron chi connectivity index (χ1n) is 7.43. The summed E-state index contributed by atoms with van der Waals surface area (Å²) in [5, 5.41) is 2.85. The lowest BCUT2D eigenvalue weighted by Gasteiger charge is -2.32. The van der Waals surface area contributed by atoms with Crippen LogP contribution in [0.1, 0.15) is 39.0 Å². The fourth-order valence-electron chi connectivity index (χ4n) is 2.73. The maximum absolute atomic E-state index is 12.1. The lowest BCUT2D eigenvalue weighted by Crippen LogP contribution is -2.44. The molecule has 5 heteroatoms. The molecule has 0 spiro atoms. The van der Waals surface area contributed by atoms with Crippen LogP contribution in [0.5, 0.6) is 0 Å². The van der Waals surface area contributed by atoms with E-state index in [2.05, 4.69) is 5.32 Å². The number of piperidine rings is 1. The van der Waals surface area contributed by atoms with Gasteiger partial charge in [0.2, 0.25) is 11.8 Å². The number of nitrogens with two attached hydrogens (primary N) is 1. The molecule has 1 heterocycles. The van der Waals surface area contributed by atoms with E-state index in [0.717, 1.165) is 12.8 Å². The minimum atomic E-state index is 0.0358. The molecule has 19 heavy (non-hydrogen) atoms. The molecule has 0 radical (unpaired) electrons. The smallest absolute Gasteiger partial charge is 0.224 e. The topological polar surface area (TPSA) is 75.4 Å². The van der Waals surface area contributed by atoms with Gasteiger partial charge in [-0.1, -0.05) is 0 Å². The summed E-state index contributed by atoms with van der Waals surface area (Å²) in [6, 6.07) is 0.0358. The van der Waals surface area contributed by atoms with Crippen LogP contribution in [-0.2, 0) is 9.59 Å². The van der Waals surface area contributed by atoms with Crippen molar-refractivity contribution in [1.29, 1.82) is 0 Å². The first-order valence-corrected chi connectivity index (χ1v) is 7.43. The van der Waals surface area contributed by atoms with Gasteiger partial charge in [-0.25, -0.2) is 0 Å². The summed E-state index contributed by atoms with van der Waals surface area (Å²) in [6.45, 7) is 3.99. The molecule has 1 atom stereocenters. The molecule has 0 aromatic heterocycles. The summed E-state index contributed by atoms with van der Waals surface area (Å²) >= 11 is 0. The largest absolute Gasteiger partial charge is 0.356 e. The van der Waals surface area contributed by atoms with E-state index in [4.69, 9.17) is 5.73 Å². The summed E-state index contributed by atoms with van der Waals surface area (Å²) in [6.07, 6.45) is 4.37. The number of hydrogen-bond acceptors (Lipinski definition) is 3. The molecule has 2 aliphatic rings. The molecule has 108 valence electrons. The number of amides is 2. The van der Waals surface area contributed by atoms with Gasteiger partial charge in [-0.3, -0.25) is 9.59 Å². The molecule has 1 aliphatic carbocycles. The van der Waals surface area contributed by atoms with Crippen LogP contribution in [0.3, 0.4) is 0 Å². The number of hydrogen-bond donors (Lipinski definition) is 2. The molecule has 0 bridgehead atoms. The predicted octanol–water partition coefficient (Wildman–Crippen LogP) is 0.489. The monoisotopic (exact) mass is 267 g/mol. The Morgan fingerprint density at radius 3 is 2.42 bits per heavy atom. The molecule has 0 aromatic carbocycles. The van der Waals surface area contributed by atoms with Crippen LogP contribution in [0.4, 0.5) is 0 Å². The van der Waals surface area contributed by atoms with E-state index in [9.17, 15) is 9.59 Å². The summed E-state index contributed by atoms with van der Waals surface area (Å²) in [5.74, 6) is 0.927. The van der Waals surface area contributed by atoms with Crippen molar-refractivity contribution < 1.29 is 9.59 Å². The molecule has 0 aromatic rings. The van der Waals surface area contributed by atoms with Crippen LogP contribution < -0.4 is 11.1 Å². The SMILES string of the molecule is CCNC(=O)C1CCN(C(=O)CC(N)C2CC2)CC1. The summed E-state index contributed by atoms with van der Waals surface area (Å²) in [5.41, 5.74) is 5.99. The lowest BCUT2D eigenvalue weighted by atomic mass is 9.95. The lowest BCUT2D eigenvalue weighted by molar-refractivity contribution is -0.136. The fraction of sp³-hybridized carbons (Fsp3) is 0.857. The van der Waals surface area contributed by atoms with E-state index >= 15 is 0 Å². The van der Waals surface area contributed by atoms with Crippen molar-refractivity contribution in [1.82, 2.24) is 10.2 Å². The Morgan fingerprint density at radius 1 is 1.26 bits per heavy atom. The third kappa shape index (κ3) is 3.93. The van der Waals surface area contributed by atoms with Crippen molar-refractivity contribution in [2.45, 2.75) is 45.1 Å². The van der Waals surface area contributed by atoms with Crippen molar-refractivity contribution >= 4 is 11.8 Å². The molecule has 1 unspecified atom stereocenters. The van der Waals surface area contributed by atoms with Crippen LogP contribution in [-0.4, -0.2) is 42.4 Å². The van der Waals surface area contributed by atoms with Gasteiger partial charge in [0.25, 0.3) is 0 Å². The van der Waals surface area contributed by atoms with Gasteiger partial charge < -0.3 is 16.0 Å². The average molecular weight is 267 g/mol. The van der Waals surface area contributed by atoms with Crippen LogP contribution in [0, 0.1) is 11.8 Å². The van der Waals surface area contributed by atoms with Gasteiger partial charge in [0.15, 0.2) is 0 Å². The Bertz CT molecular complexity index is 334. The van der Waals surface area contributed by atoms with Crippen LogP contribution in [0.2, 0.25) is 0 Å². The van der Waals surface area contributed by atoms with Crippen molar-refractivity contribution in [2.24, 2.45) is 17.6 Å². The maximum Gasteiger partial charge on any atom is 0.224 e. The maximum atomic E-state index is 12.1. The highest BCUT2D eigenvalue weighted by molar-refractivity contribution is 5.80. The van der Waals surface area contributed by atoms with Gasteiger partial charge >= 0.3 is 0 Å². The van der Waals surface area contributed by atoms with Crippen molar-refractivity contribution in [3.63, 3.8) is 0 Å². The highest BCUT2D eigenvalue weighted by Crippen LogP contribution is 2.33. The summed E-state index contributed by atoms with van der Waals surface area (Å²) < 4.78 is 0. The van der Waals surface area contributed by atoms with Gasteiger partial charge in [-0.15, -0.1) is 0 Å². The molecule has 5 nitrogen and oxygen atoms in total. The zero-order valence-corrected chi connectivity index (χ0v) is 11.7. The number of likely N-dealkylation sites (tertiary alicyclic amines) is 1. The minimum absolute atomic E-state index is 0.0358. The van der Waals surface area contributed by atoms with Crippen LogP contribution in [0.15, 0.2) is 0 Å². The standard InChI is InChI=1S/C14H25N3O2/c1-2-16-14(19)11-5-7-17(8-6-11)13(18)9-12(15)10-3-4-10/h10-12H,2-9,15H2,1H3,(H,16,19). The zero-order chi connectivity index (χ0) is 13.8. The molecule has 2 rings (SSSR count). The van der Waals surface area contributed by atoms with E-state index in [-0.39, 0.29) is 23.8 Å². The number of carbonyl (C=O) groups is 2. The third-order valence-corrected chi connectivity index (χ3v) is 4.21. The van der Waals surface area contributed by atoms with E-state index in [1.165, 1.54) is 12.8 Å². The van der Waals surface area contributed by atoms with E-state index in [0.29, 0.717) is 32.0 Å². The second kappa shape index (κ2) is 6.37. The normalized spacial score (nSPS) is 22.1. The first-order chi connectivity index (χ1) is 9.11. The second-order valence-electron chi connectivity index (χ2n) is 5.76. The van der Waals surface area contributed by atoms with Gasteiger partial charge in [-0.2, -0.15) is 0 Å². The summed E-state index contributed by atoms with van der Waals surface area (Å²) in [7, 11) is 0. The molecule has 1 aliphatic heterocycles. The Hall–Kier alpha value is -1.10. The van der Waals surface area contributed by atoms with Crippen molar-refractivity contribution in [3.8, 4) is 0 Å². The predicted molar refractivity (Wildman–Crippen MR) is 73.3 cm³/mol. The molecule has 1 saturated heterocycles. The molecule has 2 amide bonds. The highest BCUT2D eigenvalue weighted by atomic mass is 16.2. The number of nitrogens with one attached hydrogen (secondary N) is 1. The van der Waals surface area contributed by atoms with E-state index in [1.807, 2.05) is 11.8 Å². The number of carbonyl (C=O) groups excluding carboxylic acids is 2. The second-order valence-corrected chi connectivity index (χ2v) is 5.76. The van der Waals surface area contributed by atoms with Gasteiger partial charge in [0.05, 0.1) is 0 Å². The van der Waals surface area contributed by atoms with E-state index < -0.39 is 0 Å². The van der Waals surface area contributed by atoms with Crippen molar-refractivity contribution in [2.75, 3.05) is 19.6 Å². The van der Waals surface area contributed by atoms with Crippen molar-refractivity contribution in [3.05, 3.63) is 0 Å².